The van der Waals surface area contributed by atoms with Gasteiger partial charge in [0.2, 0.25) is 0 Å². The molecule has 0 saturated heterocycles. The van der Waals surface area contributed by atoms with Crippen LogP contribution in [0.4, 0.5) is 0 Å². The van der Waals surface area contributed by atoms with Gasteiger partial charge in [-0.3, -0.25) is 0 Å². The van der Waals surface area contributed by atoms with Crippen LogP contribution >= 0.6 is 0 Å². The zero-order valence-corrected chi connectivity index (χ0v) is 10.6. The summed E-state index contributed by atoms with van der Waals surface area (Å²) in [5.41, 5.74) is 3.12. The molecule has 2 aliphatic rings. The van der Waals surface area contributed by atoms with Crippen molar-refractivity contribution >= 4 is 16.8 Å². The van der Waals surface area contributed by atoms with Gasteiger partial charge in [0.25, 0.3) is 0 Å². The Morgan fingerprint density at radius 2 is 1.83 bits per heavy atom. The summed E-state index contributed by atoms with van der Waals surface area (Å²) < 4.78 is 0. The van der Waals surface area contributed by atoms with Crippen LogP contribution in [0.15, 0.2) is 48.0 Å². The smallest absolute Gasteiger partial charge is 0.0111 e. The molecule has 18 heavy (non-hydrogen) atoms. The van der Waals surface area contributed by atoms with Crippen LogP contribution in [0, 0.1) is 11.8 Å². The van der Waals surface area contributed by atoms with Crippen molar-refractivity contribution < 1.29 is 0 Å². The molecular weight excluding hydrogens is 216 g/mol. The van der Waals surface area contributed by atoms with Crippen molar-refractivity contribution in [2.24, 2.45) is 11.8 Å². The Morgan fingerprint density at radius 1 is 0.944 bits per heavy atom. The normalized spacial score (nSPS) is 28.3. The number of hydrogen-bond acceptors (Lipinski definition) is 0. The highest BCUT2D eigenvalue weighted by Gasteiger charge is 2.34. The van der Waals surface area contributed by atoms with Gasteiger partial charge in [-0.25, -0.2) is 0 Å². The maximum atomic E-state index is 2.48. The Balaban J connectivity index is 1.81. The minimum absolute atomic E-state index is 0.897. The highest BCUT2D eigenvalue weighted by Crippen LogP contribution is 2.48. The maximum absolute atomic E-state index is 2.48. The van der Waals surface area contributed by atoms with Crippen molar-refractivity contribution in [3.05, 3.63) is 53.6 Å². The van der Waals surface area contributed by atoms with Gasteiger partial charge < -0.3 is 0 Å². The summed E-state index contributed by atoms with van der Waals surface area (Å²) in [6.45, 7) is 0. The van der Waals surface area contributed by atoms with Gasteiger partial charge in [0.05, 0.1) is 0 Å². The molecule has 0 spiro atoms. The van der Waals surface area contributed by atoms with Gasteiger partial charge in [0, 0.05) is 0 Å². The fourth-order valence-electron chi connectivity index (χ4n) is 3.85. The zero-order chi connectivity index (χ0) is 11.9. The van der Waals surface area contributed by atoms with E-state index in [9.17, 15) is 0 Å². The zero-order valence-electron chi connectivity index (χ0n) is 10.6. The number of allylic oxidation sites excluding steroid dienone is 1. The van der Waals surface area contributed by atoms with Crippen LogP contribution in [0.5, 0.6) is 0 Å². The van der Waals surface area contributed by atoms with E-state index in [1.165, 1.54) is 42.0 Å². The lowest BCUT2D eigenvalue weighted by Crippen LogP contribution is -1.97. The van der Waals surface area contributed by atoms with Crippen molar-refractivity contribution in [1.29, 1.82) is 0 Å². The van der Waals surface area contributed by atoms with E-state index >= 15 is 0 Å². The predicted octanol–water partition coefficient (Wildman–Crippen LogP) is 5.04. The molecule has 0 N–H and O–H groups in total. The van der Waals surface area contributed by atoms with Crippen LogP contribution in [0.1, 0.15) is 31.2 Å². The number of hydrogen-bond donors (Lipinski definition) is 0. The second kappa shape index (κ2) is 3.98. The molecule has 2 saturated carbocycles. The molecule has 2 aromatic rings. The molecule has 0 aliphatic heterocycles. The number of benzene rings is 2. The molecule has 2 aliphatic carbocycles. The molecular formula is C18H18. The first kappa shape index (κ1) is 10.4. The third-order valence-electron chi connectivity index (χ3n) is 4.75. The minimum atomic E-state index is 0.897. The van der Waals surface area contributed by atoms with Crippen molar-refractivity contribution in [1.82, 2.24) is 0 Å². The number of fused-ring (bicyclic) bond motifs is 3. The summed E-state index contributed by atoms with van der Waals surface area (Å²) in [5.74, 6) is 1.89. The van der Waals surface area contributed by atoms with Crippen LogP contribution < -0.4 is 0 Å². The maximum Gasteiger partial charge on any atom is -0.0111 e. The minimum Gasteiger partial charge on any atom is -0.0662 e. The Hall–Kier alpha value is -1.56. The average Bonchev–Trinajstić information content (AvgIpc) is 3.01. The molecule has 0 aromatic heterocycles. The average molecular weight is 234 g/mol. The van der Waals surface area contributed by atoms with Gasteiger partial charge in [-0.2, -0.15) is 0 Å². The molecule has 2 aromatic carbocycles. The van der Waals surface area contributed by atoms with Crippen molar-refractivity contribution in [3.63, 3.8) is 0 Å². The van der Waals surface area contributed by atoms with Gasteiger partial charge in [-0.15, -0.1) is 0 Å². The van der Waals surface area contributed by atoms with Gasteiger partial charge in [0.1, 0.15) is 0 Å². The van der Waals surface area contributed by atoms with Gasteiger partial charge in [0.15, 0.2) is 0 Å². The van der Waals surface area contributed by atoms with Crippen LogP contribution in [0.3, 0.4) is 0 Å². The lowest BCUT2D eigenvalue weighted by molar-refractivity contribution is 0.563. The quantitative estimate of drug-likeness (QED) is 0.648. The number of rotatable bonds is 1. The Morgan fingerprint density at radius 3 is 2.67 bits per heavy atom. The molecule has 0 radical (unpaired) electrons. The second-order valence-corrected chi connectivity index (χ2v) is 5.87. The molecule has 2 bridgehead atoms. The van der Waals surface area contributed by atoms with Gasteiger partial charge in [-0.1, -0.05) is 54.1 Å². The van der Waals surface area contributed by atoms with E-state index in [1.807, 2.05) is 0 Å². The van der Waals surface area contributed by atoms with Crippen LogP contribution in [0.25, 0.3) is 16.8 Å². The van der Waals surface area contributed by atoms with E-state index < -0.39 is 0 Å². The van der Waals surface area contributed by atoms with E-state index in [-0.39, 0.29) is 0 Å². The summed E-state index contributed by atoms with van der Waals surface area (Å²) in [6, 6.07) is 15.4. The van der Waals surface area contributed by atoms with Crippen LogP contribution in [-0.4, -0.2) is 0 Å². The molecule has 0 nitrogen and oxygen atoms in total. The predicted molar refractivity (Wildman–Crippen MR) is 77.4 cm³/mol. The monoisotopic (exact) mass is 234 g/mol. The van der Waals surface area contributed by atoms with E-state index in [4.69, 9.17) is 0 Å². The first-order valence-corrected chi connectivity index (χ1v) is 7.08. The van der Waals surface area contributed by atoms with E-state index in [0.29, 0.717) is 0 Å². The van der Waals surface area contributed by atoms with E-state index in [2.05, 4.69) is 48.5 Å². The molecule has 2 atom stereocenters. The summed E-state index contributed by atoms with van der Waals surface area (Å²) >= 11 is 0. The third-order valence-corrected chi connectivity index (χ3v) is 4.75. The molecule has 90 valence electrons. The second-order valence-electron chi connectivity index (χ2n) is 5.87. The first-order chi connectivity index (χ1) is 8.90. The highest BCUT2D eigenvalue weighted by atomic mass is 14.4. The molecule has 4 rings (SSSR count). The van der Waals surface area contributed by atoms with Crippen molar-refractivity contribution in [2.75, 3.05) is 0 Å². The van der Waals surface area contributed by atoms with Gasteiger partial charge >= 0.3 is 0 Å². The Kier molecular flexibility index (Phi) is 2.29. The summed E-state index contributed by atoms with van der Waals surface area (Å²) in [7, 11) is 0. The molecule has 0 amide bonds. The van der Waals surface area contributed by atoms with Crippen LogP contribution in [0.2, 0.25) is 0 Å². The topological polar surface area (TPSA) is 0 Å². The van der Waals surface area contributed by atoms with Crippen LogP contribution in [-0.2, 0) is 0 Å². The van der Waals surface area contributed by atoms with E-state index in [1.54, 1.807) is 5.57 Å². The fraction of sp³-hybridized carbons (Fsp3) is 0.333. The summed E-state index contributed by atoms with van der Waals surface area (Å²) in [5, 5.41) is 2.75. The highest BCUT2D eigenvalue weighted by molar-refractivity contribution is 5.90. The summed E-state index contributed by atoms with van der Waals surface area (Å²) in [6.07, 6.45) is 8.19. The third kappa shape index (κ3) is 1.59. The first-order valence-electron chi connectivity index (χ1n) is 7.08. The van der Waals surface area contributed by atoms with E-state index in [0.717, 1.165) is 11.8 Å². The van der Waals surface area contributed by atoms with Crippen molar-refractivity contribution in [2.45, 2.75) is 25.7 Å². The SMILES string of the molecule is C(=C1/C[C@@H]2CC[C@H]1C2)/c1cccc2ccccc12. The van der Waals surface area contributed by atoms with Gasteiger partial charge in [-0.05, 0) is 53.9 Å². The largest absolute Gasteiger partial charge is 0.0662 e. The lowest BCUT2D eigenvalue weighted by Gasteiger charge is -2.13. The Bertz CT molecular complexity index is 615. The molecule has 0 heteroatoms. The molecule has 0 unspecified atom stereocenters. The van der Waals surface area contributed by atoms with Crippen molar-refractivity contribution in [3.8, 4) is 0 Å². The summed E-state index contributed by atoms with van der Waals surface area (Å²) in [4.78, 5) is 0. The standard InChI is InChI=1S/C18H18/c1-2-7-18-14(4-1)5-3-6-16(18)12-17-11-13-8-9-15(17)10-13/h1-7,12-13,15H,8-11H2/b17-12+/t13-,15+/m1/s1. The lowest BCUT2D eigenvalue weighted by atomic mass is 9.92. The molecule has 0 heterocycles. The fourth-order valence-corrected chi connectivity index (χ4v) is 3.85. The Labute approximate surface area is 108 Å². The molecule has 2 fully saturated rings.